The van der Waals surface area contributed by atoms with Gasteiger partial charge in [0.2, 0.25) is 5.91 Å². The molecule has 0 N–H and O–H groups in total. The zero-order valence-corrected chi connectivity index (χ0v) is 13.5. The second kappa shape index (κ2) is 8.21. The largest absolute Gasteiger partial charge is 0.497 e. The van der Waals surface area contributed by atoms with E-state index in [2.05, 4.69) is 6.07 Å². The Kier molecular flexibility index (Phi) is 6.02. The van der Waals surface area contributed by atoms with E-state index >= 15 is 0 Å². The Balaban J connectivity index is 2.44. The van der Waals surface area contributed by atoms with Crippen LogP contribution in [0, 0.1) is 11.3 Å². The third-order valence-electron chi connectivity index (χ3n) is 3.42. The average Bonchev–Trinajstić information content (AvgIpc) is 2.60. The van der Waals surface area contributed by atoms with Crippen LogP contribution >= 0.6 is 11.6 Å². The highest BCUT2D eigenvalue weighted by atomic mass is 35.5. The highest BCUT2D eigenvalue weighted by Crippen LogP contribution is 2.29. The fraction of sp³-hybridized carbons (Fsp3) is 0.222. The molecule has 0 bridgehead atoms. The zero-order chi connectivity index (χ0) is 16.7. The zero-order valence-electron chi connectivity index (χ0n) is 12.8. The van der Waals surface area contributed by atoms with Gasteiger partial charge in [-0.15, -0.1) is 11.6 Å². The molecule has 0 radical (unpaired) electrons. The number of alkyl halides is 1. The fourth-order valence-electron chi connectivity index (χ4n) is 2.30. The molecule has 0 aromatic heterocycles. The first-order valence-electron chi connectivity index (χ1n) is 7.18. The number of hydrogen-bond acceptors (Lipinski definition) is 3. The maximum absolute atomic E-state index is 12.5. The van der Waals surface area contributed by atoms with Crippen molar-refractivity contribution >= 4 is 23.2 Å². The molecule has 0 spiro atoms. The van der Waals surface area contributed by atoms with Crippen molar-refractivity contribution in [1.82, 2.24) is 0 Å². The molecule has 23 heavy (non-hydrogen) atoms. The molecule has 0 saturated carbocycles. The van der Waals surface area contributed by atoms with Gasteiger partial charge >= 0.3 is 0 Å². The minimum absolute atomic E-state index is 0.165. The van der Waals surface area contributed by atoms with E-state index in [1.807, 2.05) is 30.3 Å². The lowest BCUT2D eigenvalue weighted by Gasteiger charge is -2.28. The molecule has 5 heteroatoms. The first-order chi connectivity index (χ1) is 11.2. The number of nitrogens with zero attached hydrogens (tertiary/aromatic N) is 2. The summed E-state index contributed by atoms with van der Waals surface area (Å²) in [7, 11) is 1.58. The Hall–Kier alpha value is -2.51. The maximum Gasteiger partial charge on any atom is 0.229 e. The Morgan fingerprint density at radius 1 is 1.22 bits per heavy atom. The summed E-state index contributed by atoms with van der Waals surface area (Å²) in [4.78, 5) is 14.0. The summed E-state index contributed by atoms with van der Waals surface area (Å²) in [6.07, 6.45) is 0.165. The summed E-state index contributed by atoms with van der Waals surface area (Å²) < 4.78 is 5.14. The van der Waals surface area contributed by atoms with Crippen LogP contribution in [-0.2, 0) is 4.79 Å². The van der Waals surface area contributed by atoms with Gasteiger partial charge in [0.25, 0.3) is 0 Å². The van der Waals surface area contributed by atoms with Crippen LogP contribution in [0.15, 0.2) is 54.6 Å². The van der Waals surface area contributed by atoms with Gasteiger partial charge in [0.05, 0.1) is 13.2 Å². The van der Waals surface area contributed by atoms with Crippen molar-refractivity contribution in [1.29, 1.82) is 5.26 Å². The highest BCUT2D eigenvalue weighted by molar-refractivity contribution is 6.19. The minimum Gasteiger partial charge on any atom is -0.497 e. The van der Waals surface area contributed by atoms with Gasteiger partial charge in [-0.25, -0.2) is 0 Å². The topological polar surface area (TPSA) is 53.3 Å². The average molecular weight is 329 g/mol. The fourth-order valence-corrected chi connectivity index (χ4v) is 2.46. The third kappa shape index (κ3) is 4.02. The number of hydrogen-bond donors (Lipinski definition) is 0. The van der Waals surface area contributed by atoms with E-state index in [9.17, 15) is 10.1 Å². The normalized spacial score (nSPS) is 11.3. The lowest BCUT2D eigenvalue weighted by atomic mass is 10.0. The predicted octanol–water partition coefficient (Wildman–Crippen LogP) is 3.92. The highest BCUT2D eigenvalue weighted by Gasteiger charge is 2.26. The molecule has 0 aliphatic heterocycles. The summed E-state index contributed by atoms with van der Waals surface area (Å²) in [6.45, 7) is 0. The first-order valence-corrected chi connectivity index (χ1v) is 7.71. The molecule has 0 fully saturated rings. The lowest BCUT2D eigenvalue weighted by Crippen LogP contribution is -2.34. The van der Waals surface area contributed by atoms with Gasteiger partial charge in [0.15, 0.2) is 0 Å². The van der Waals surface area contributed by atoms with E-state index < -0.39 is 6.04 Å². The van der Waals surface area contributed by atoms with Crippen molar-refractivity contribution < 1.29 is 9.53 Å². The summed E-state index contributed by atoms with van der Waals surface area (Å²) in [5.41, 5.74) is 1.39. The van der Waals surface area contributed by atoms with Crippen LogP contribution in [-0.4, -0.2) is 18.9 Å². The van der Waals surface area contributed by atoms with Crippen LogP contribution in [0.2, 0.25) is 0 Å². The number of rotatable bonds is 6. The van der Waals surface area contributed by atoms with Gasteiger partial charge in [0.1, 0.15) is 11.8 Å². The van der Waals surface area contributed by atoms with Crippen LogP contribution in [0.1, 0.15) is 18.0 Å². The molecule has 2 aromatic rings. The molecule has 0 unspecified atom stereocenters. The van der Waals surface area contributed by atoms with Gasteiger partial charge in [-0.05, 0) is 29.8 Å². The number of anilines is 1. The Bertz CT molecular complexity index is 680. The van der Waals surface area contributed by atoms with Crippen LogP contribution in [0.3, 0.4) is 0 Å². The van der Waals surface area contributed by atoms with E-state index in [-0.39, 0.29) is 18.2 Å². The second-order valence-electron chi connectivity index (χ2n) is 4.84. The van der Waals surface area contributed by atoms with E-state index in [0.717, 1.165) is 5.56 Å². The van der Waals surface area contributed by atoms with Crippen LogP contribution < -0.4 is 9.64 Å². The van der Waals surface area contributed by atoms with Gasteiger partial charge in [0, 0.05) is 18.0 Å². The summed E-state index contributed by atoms with van der Waals surface area (Å²) in [5.74, 6) is 0.700. The summed E-state index contributed by atoms with van der Waals surface area (Å²) >= 11 is 5.72. The molecular formula is C18H17ClN2O2. The van der Waals surface area contributed by atoms with E-state index in [4.69, 9.17) is 16.3 Å². The second-order valence-corrected chi connectivity index (χ2v) is 5.22. The van der Waals surface area contributed by atoms with Crippen molar-refractivity contribution in [2.45, 2.75) is 12.5 Å². The number of halogens is 1. The molecule has 0 aliphatic rings. The van der Waals surface area contributed by atoms with Gasteiger partial charge in [-0.3, -0.25) is 9.69 Å². The molecule has 0 saturated heterocycles. The standard InChI is InChI=1S/C18H17ClN2O2/c1-23-16-9-7-15(8-10-16)21(18(22)11-12-19)17(13-20)14-5-3-2-4-6-14/h2-10,17H,11-12H2,1H3/t17-/m1/s1. The monoisotopic (exact) mass is 328 g/mol. The smallest absolute Gasteiger partial charge is 0.229 e. The van der Waals surface area contributed by atoms with E-state index in [1.54, 1.807) is 31.4 Å². The van der Waals surface area contributed by atoms with Crippen molar-refractivity contribution in [2.24, 2.45) is 0 Å². The van der Waals surface area contributed by atoms with Gasteiger partial charge < -0.3 is 4.74 Å². The molecule has 1 amide bonds. The Labute approximate surface area is 140 Å². The van der Waals surface area contributed by atoms with Crippen LogP contribution in [0.25, 0.3) is 0 Å². The summed E-state index contributed by atoms with van der Waals surface area (Å²) in [5, 5.41) is 9.63. The van der Waals surface area contributed by atoms with Gasteiger partial charge in [-0.2, -0.15) is 5.26 Å². The predicted molar refractivity (Wildman–Crippen MR) is 90.6 cm³/mol. The number of carbonyl (C=O) groups is 1. The number of benzene rings is 2. The number of carbonyl (C=O) groups excluding carboxylic acids is 1. The van der Waals surface area contributed by atoms with E-state index in [1.165, 1.54) is 4.90 Å². The third-order valence-corrected chi connectivity index (χ3v) is 3.61. The molecule has 2 aromatic carbocycles. The van der Waals surface area contributed by atoms with Crippen molar-refractivity contribution in [3.8, 4) is 11.8 Å². The van der Waals surface area contributed by atoms with Crippen LogP contribution in [0.4, 0.5) is 5.69 Å². The molecule has 0 aliphatic carbocycles. The first kappa shape index (κ1) is 16.9. The van der Waals surface area contributed by atoms with Crippen LogP contribution in [0.5, 0.6) is 5.75 Å². The Morgan fingerprint density at radius 3 is 2.39 bits per heavy atom. The number of nitriles is 1. The van der Waals surface area contributed by atoms with Gasteiger partial charge in [-0.1, -0.05) is 30.3 Å². The molecule has 118 valence electrons. The minimum atomic E-state index is -0.708. The molecular weight excluding hydrogens is 312 g/mol. The molecule has 4 nitrogen and oxygen atoms in total. The Morgan fingerprint density at radius 2 is 1.87 bits per heavy atom. The van der Waals surface area contributed by atoms with Crippen molar-refractivity contribution in [3.05, 3.63) is 60.2 Å². The number of methoxy groups -OCH3 is 1. The molecule has 0 heterocycles. The SMILES string of the molecule is COc1ccc(N(C(=O)CCCl)[C@H](C#N)c2ccccc2)cc1. The number of ether oxygens (including phenoxy) is 1. The van der Waals surface area contributed by atoms with Crippen molar-refractivity contribution in [3.63, 3.8) is 0 Å². The number of amides is 1. The molecule has 2 rings (SSSR count). The quantitative estimate of drug-likeness (QED) is 0.755. The molecule has 1 atom stereocenters. The lowest BCUT2D eigenvalue weighted by molar-refractivity contribution is -0.118. The summed E-state index contributed by atoms with van der Waals surface area (Å²) in [6, 6.07) is 17.8. The van der Waals surface area contributed by atoms with E-state index in [0.29, 0.717) is 11.4 Å². The maximum atomic E-state index is 12.5. The van der Waals surface area contributed by atoms with Crippen molar-refractivity contribution in [2.75, 3.05) is 17.9 Å².